The molecule has 1 aliphatic carbocycles. The molecule has 1 saturated carbocycles. The van der Waals surface area contributed by atoms with E-state index < -0.39 is 35.6 Å². The van der Waals surface area contributed by atoms with Crippen molar-refractivity contribution in [2.45, 2.75) is 27.9 Å². The first-order valence-electron chi connectivity index (χ1n) is 8.67. The third kappa shape index (κ3) is 4.08. The zero-order valence-corrected chi connectivity index (χ0v) is 17.3. The molecular formula is C19H15ClFNO5S2. The van der Waals surface area contributed by atoms with E-state index in [0.29, 0.717) is 5.02 Å². The molecule has 0 bridgehead atoms. The average molecular weight is 456 g/mol. The van der Waals surface area contributed by atoms with Gasteiger partial charge >= 0.3 is 0 Å². The highest BCUT2D eigenvalue weighted by Gasteiger charge is 2.38. The Labute approximate surface area is 172 Å². The summed E-state index contributed by atoms with van der Waals surface area (Å²) in [6.45, 7) is 0. The SMILES string of the molecule is O=S(=O)(CC1CC1)c1oc(-c2cccc(F)c2)nc1S(=O)(=O)c1ccc(Cl)cc1. The largest absolute Gasteiger partial charge is 0.423 e. The Bertz CT molecular complexity index is 1280. The summed E-state index contributed by atoms with van der Waals surface area (Å²) >= 11 is 5.81. The molecule has 1 aromatic heterocycles. The highest BCUT2D eigenvalue weighted by molar-refractivity contribution is 7.94. The maximum atomic E-state index is 13.6. The summed E-state index contributed by atoms with van der Waals surface area (Å²) in [5.41, 5.74) is 0.130. The fourth-order valence-corrected chi connectivity index (χ4v) is 6.44. The molecule has 0 atom stereocenters. The van der Waals surface area contributed by atoms with Crippen LogP contribution in [0, 0.1) is 11.7 Å². The molecule has 1 aliphatic rings. The number of oxazole rings is 1. The topological polar surface area (TPSA) is 94.3 Å². The van der Waals surface area contributed by atoms with Crippen LogP contribution in [-0.2, 0) is 19.7 Å². The molecule has 0 saturated heterocycles. The van der Waals surface area contributed by atoms with Gasteiger partial charge < -0.3 is 4.42 Å². The summed E-state index contributed by atoms with van der Waals surface area (Å²) < 4.78 is 71.0. The summed E-state index contributed by atoms with van der Waals surface area (Å²) in [6.07, 6.45) is 1.51. The lowest BCUT2D eigenvalue weighted by molar-refractivity contribution is 0.444. The van der Waals surface area contributed by atoms with Crippen molar-refractivity contribution >= 4 is 31.3 Å². The van der Waals surface area contributed by atoms with E-state index in [-0.39, 0.29) is 28.0 Å². The Hall–Kier alpha value is -2.23. The lowest BCUT2D eigenvalue weighted by atomic mass is 10.2. The van der Waals surface area contributed by atoms with Gasteiger partial charge in [0.05, 0.1) is 10.6 Å². The zero-order valence-electron chi connectivity index (χ0n) is 14.9. The van der Waals surface area contributed by atoms with Crippen molar-refractivity contribution in [2.24, 2.45) is 5.92 Å². The van der Waals surface area contributed by atoms with E-state index in [1.165, 1.54) is 42.5 Å². The second kappa shape index (κ2) is 7.23. The van der Waals surface area contributed by atoms with Crippen molar-refractivity contribution in [1.82, 2.24) is 4.98 Å². The van der Waals surface area contributed by atoms with Gasteiger partial charge in [-0.2, -0.15) is 4.98 Å². The normalized spacial score (nSPS) is 14.8. The van der Waals surface area contributed by atoms with Gasteiger partial charge in [0, 0.05) is 10.6 Å². The number of hydrogen-bond donors (Lipinski definition) is 0. The van der Waals surface area contributed by atoms with E-state index in [1.807, 2.05) is 0 Å². The Kier molecular flexibility index (Phi) is 5.00. The Morgan fingerprint density at radius 1 is 1.07 bits per heavy atom. The predicted molar refractivity (Wildman–Crippen MR) is 104 cm³/mol. The third-order valence-corrected chi connectivity index (χ3v) is 8.26. The van der Waals surface area contributed by atoms with Gasteiger partial charge in [0.1, 0.15) is 5.82 Å². The van der Waals surface area contributed by atoms with Crippen LogP contribution in [0.1, 0.15) is 12.8 Å². The fraction of sp³-hybridized carbons (Fsp3) is 0.211. The number of rotatable bonds is 6. The fourth-order valence-electron chi connectivity index (χ4n) is 2.80. The molecule has 0 spiro atoms. The standard InChI is InChI=1S/C19H15ClFNO5S2/c20-14-6-8-16(9-7-14)29(25,26)18-19(28(23,24)11-12-4-5-12)27-17(22-18)13-2-1-3-15(21)10-13/h1-3,6-10,12H,4-5,11H2. The number of benzene rings is 2. The van der Waals surface area contributed by atoms with E-state index in [0.717, 1.165) is 18.9 Å². The van der Waals surface area contributed by atoms with Gasteiger partial charge in [0.25, 0.3) is 5.09 Å². The first-order chi connectivity index (χ1) is 13.7. The van der Waals surface area contributed by atoms with Gasteiger partial charge in [0.15, 0.2) is 0 Å². The summed E-state index contributed by atoms with van der Waals surface area (Å²) in [6, 6.07) is 10.4. The molecule has 0 N–H and O–H groups in total. The zero-order chi connectivity index (χ0) is 20.8. The van der Waals surface area contributed by atoms with Gasteiger partial charge in [0.2, 0.25) is 30.6 Å². The Balaban J connectivity index is 1.90. The molecule has 1 fully saturated rings. The number of hydrogen-bond acceptors (Lipinski definition) is 6. The van der Waals surface area contributed by atoms with Crippen LogP contribution in [0.25, 0.3) is 11.5 Å². The summed E-state index contributed by atoms with van der Waals surface area (Å²) in [5.74, 6) is -1.14. The van der Waals surface area contributed by atoms with Gasteiger partial charge in [-0.15, -0.1) is 0 Å². The molecule has 10 heteroatoms. The summed E-state index contributed by atoms with van der Waals surface area (Å²) in [4.78, 5) is 3.78. The van der Waals surface area contributed by atoms with Crippen LogP contribution in [0.4, 0.5) is 4.39 Å². The van der Waals surface area contributed by atoms with Crippen molar-refractivity contribution in [1.29, 1.82) is 0 Å². The maximum Gasteiger partial charge on any atom is 0.258 e. The molecule has 1 heterocycles. The monoisotopic (exact) mass is 455 g/mol. The second-order valence-corrected chi connectivity index (χ2v) is 11.0. The van der Waals surface area contributed by atoms with Gasteiger partial charge in [-0.1, -0.05) is 17.7 Å². The third-order valence-electron chi connectivity index (χ3n) is 4.45. The van der Waals surface area contributed by atoms with Gasteiger partial charge in [-0.25, -0.2) is 21.2 Å². The highest BCUT2D eigenvalue weighted by Crippen LogP contribution is 2.37. The van der Waals surface area contributed by atoms with Gasteiger partial charge in [-0.3, -0.25) is 0 Å². The molecule has 0 aliphatic heterocycles. The molecule has 3 aromatic rings. The molecule has 0 unspecified atom stereocenters. The van der Waals surface area contributed by atoms with E-state index >= 15 is 0 Å². The first kappa shape index (κ1) is 20.1. The Morgan fingerprint density at radius 2 is 1.76 bits per heavy atom. The van der Waals surface area contributed by atoms with Crippen LogP contribution < -0.4 is 0 Å². The minimum atomic E-state index is -4.32. The first-order valence-corrected chi connectivity index (χ1v) is 12.2. The van der Waals surface area contributed by atoms with Crippen LogP contribution >= 0.6 is 11.6 Å². The van der Waals surface area contributed by atoms with Crippen LogP contribution in [0.2, 0.25) is 5.02 Å². The number of nitrogens with zero attached hydrogens (tertiary/aromatic N) is 1. The quantitative estimate of drug-likeness (QED) is 0.554. The van der Waals surface area contributed by atoms with Crippen LogP contribution in [0.15, 0.2) is 68.0 Å². The van der Waals surface area contributed by atoms with Crippen LogP contribution in [0.5, 0.6) is 0 Å². The molecule has 0 radical (unpaired) electrons. The van der Waals surface area contributed by atoms with Crippen molar-refractivity contribution in [3.8, 4) is 11.5 Å². The molecule has 6 nitrogen and oxygen atoms in total. The van der Waals surface area contributed by atoms with E-state index in [9.17, 15) is 21.2 Å². The molecule has 0 amide bonds. The second-order valence-electron chi connectivity index (χ2n) is 6.80. The van der Waals surface area contributed by atoms with Crippen molar-refractivity contribution in [3.05, 3.63) is 59.4 Å². The minimum Gasteiger partial charge on any atom is -0.423 e. The molecule has 4 rings (SSSR count). The van der Waals surface area contributed by atoms with Gasteiger partial charge in [-0.05, 0) is 61.2 Å². The number of aromatic nitrogens is 1. The number of sulfone groups is 2. The summed E-state index contributed by atoms with van der Waals surface area (Å²) in [5, 5.41) is -1.11. The molecule has 2 aromatic carbocycles. The lowest BCUT2D eigenvalue weighted by Gasteiger charge is -2.04. The minimum absolute atomic E-state index is 0.0335. The molecular weight excluding hydrogens is 441 g/mol. The van der Waals surface area contributed by atoms with Crippen molar-refractivity contribution in [2.75, 3.05) is 5.75 Å². The van der Waals surface area contributed by atoms with Crippen LogP contribution in [-0.4, -0.2) is 27.6 Å². The van der Waals surface area contributed by atoms with E-state index in [2.05, 4.69) is 4.98 Å². The average Bonchev–Trinajstić information content (AvgIpc) is 3.33. The Morgan fingerprint density at radius 3 is 2.38 bits per heavy atom. The van der Waals surface area contributed by atoms with E-state index in [1.54, 1.807) is 0 Å². The summed E-state index contributed by atoms with van der Waals surface area (Å²) in [7, 11) is -8.37. The predicted octanol–water partition coefficient (Wildman–Crippen LogP) is 4.15. The smallest absolute Gasteiger partial charge is 0.258 e. The maximum absolute atomic E-state index is 13.6. The van der Waals surface area contributed by atoms with Crippen LogP contribution in [0.3, 0.4) is 0 Å². The van der Waals surface area contributed by atoms with Crippen molar-refractivity contribution in [3.63, 3.8) is 0 Å². The lowest BCUT2D eigenvalue weighted by Crippen LogP contribution is -2.13. The molecule has 29 heavy (non-hydrogen) atoms. The van der Waals surface area contributed by atoms with E-state index in [4.69, 9.17) is 16.0 Å². The molecule has 152 valence electrons. The number of halogens is 2. The highest BCUT2D eigenvalue weighted by atomic mass is 35.5. The van der Waals surface area contributed by atoms with Crippen molar-refractivity contribution < 1.29 is 25.6 Å².